The van der Waals surface area contributed by atoms with E-state index in [1.54, 1.807) is 24.3 Å². The van der Waals surface area contributed by atoms with Crippen molar-refractivity contribution in [2.75, 3.05) is 0 Å². The van der Waals surface area contributed by atoms with E-state index in [0.717, 1.165) is 23.9 Å². The molecule has 27 heavy (non-hydrogen) atoms. The van der Waals surface area contributed by atoms with Gasteiger partial charge in [-0.25, -0.2) is 9.37 Å². The number of oxazole rings is 1. The molecular formula is C18H12ClF3N2O3. The first-order valence-electron chi connectivity index (χ1n) is 7.64. The first-order valence-corrected chi connectivity index (χ1v) is 8.02. The van der Waals surface area contributed by atoms with E-state index in [0.29, 0.717) is 5.02 Å². The molecule has 0 aliphatic carbocycles. The molecule has 0 radical (unpaired) electrons. The molecule has 0 saturated heterocycles. The lowest BCUT2D eigenvalue weighted by Gasteiger charge is -2.09. The quantitative estimate of drug-likeness (QED) is 0.655. The van der Waals surface area contributed by atoms with Crippen LogP contribution in [0.25, 0.3) is 11.3 Å². The third kappa shape index (κ3) is 4.22. The SMILES string of the molecule is O=C(NCc1ccc(Cl)cc1)c1cc(O)c(-c2cnc(C(F)F)o2)cc1F. The minimum absolute atomic E-state index is 0.123. The molecule has 0 saturated carbocycles. The van der Waals surface area contributed by atoms with Crippen LogP contribution < -0.4 is 5.32 Å². The molecule has 0 aliphatic heterocycles. The van der Waals surface area contributed by atoms with Gasteiger partial charge in [-0.05, 0) is 29.8 Å². The number of carbonyl (C=O) groups excluding carboxylic acids is 1. The van der Waals surface area contributed by atoms with Gasteiger partial charge < -0.3 is 14.8 Å². The summed E-state index contributed by atoms with van der Waals surface area (Å²) in [6, 6.07) is 8.41. The van der Waals surface area contributed by atoms with E-state index < -0.39 is 35.4 Å². The third-order valence-electron chi connectivity index (χ3n) is 3.67. The Morgan fingerprint density at radius 1 is 1.26 bits per heavy atom. The van der Waals surface area contributed by atoms with Gasteiger partial charge in [0.15, 0.2) is 5.76 Å². The second kappa shape index (κ2) is 7.71. The number of aromatic nitrogens is 1. The van der Waals surface area contributed by atoms with Crippen LogP contribution in [0.4, 0.5) is 13.2 Å². The summed E-state index contributed by atoms with van der Waals surface area (Å²) in [5, 5.41) is 13.1. The highest BCUT2D eigenvalue weighted by Crippen LogP contribution is 2.33. The highest BCUT2D eigenvalue weighted by atomic mass is 35.5. The summed E-state index contributed by atoms with van der Waals surface area (Å²) >= 11 is 5.77. The topological polar surface area (TPSA) is 75.4 Å². The number of carbonyl (C=O) groups is 1. The Bertz CT molecular complexity index is 974. The number of nitrogens with one attached hydrogen (secondary N) is 1. The Balaban J connectivity index is 1.79. The molecule has 9 heteroatoms. The zero-order chi connectivity index (χ0) is 19.6. The Labute approximate surface area is 156 Å². The van der Waals surface area contributed by atoms with Crippen LogP contribution in [0.1, 0.15) is 28.2 Å². The van der Waals surface area contributed by atoms with E-state index in [9.17, 15) is 23.1 Å². The van der Waals surface area contributed by atoms with E-state index in [-0.39, 0.29) is 17.9 Å². The normalized spacial score (nSPS) is 11.0. The van der Waals surface area contributed by atoms with Gasteiger partial charge in [0, 0.05) is 11.6 Å². The summed E-state index contributed by atoms with van der Waals surface area (Å²) < 4.78 is 44.2. The molecule has 3 rings (SSSR count). The maximum atomic E-state index is 14.3. The van der Waals surface area contributed by atoms with Crippen LogP contribution in [0, 0.1) is 5.82 Å². The minimum atomic E-state index is -2.94. The van der Waals surface area contributed by atoms with Crippen molar-refractivity contribution >= 4 is 17.5 Å². The third-order valence-corrected chi connectivity index (χ3v) is 3.92. The number of amides is 1. The summed E-state index contributed by atoms with van der Waals surface area (Å²) in [6.45, 7) is 0.123. The van der Waals surface area contributed by atoms with E-state index in [1.165, 1.54) is 0 Å². The van der Waals surface area contributed by atoms with Crippen LogP contribution in [0.5, 0.6) is 5.75 Å². The molecule has 0 bridgehead atoms. The standard InChI is InChI=1S/C18H12ClF3N2O3/c19-10-3-1-9(2-4-10)7-23-17(26)11-6-14(25)12(5-13(11)20)15-8-24-18(27-15)16(21)22/h1-6,8,16,25H,7H2,(H,23,26). The van der Waals surface area contributed by atoms with Gasteiger partial charge in [-0.3, -0.25) is 4.79 Å². The number of nitrogens with zero attached hydrogens (tertiary/aromatic N) is 1. The van der Waals surface area contributed by atoms with Crippen LogP contribution >= 0.6 is 11.6 Å². The van der Waals surface area contributed by atoms with Crippen molar-refractivity contribution in [1.82, 2.24) is 10.3 Å². The highest BCUT2D eigenvalue weighted by Gasteiger charge is 2.21. The van der Waals surface area contributed by atoms with E-state index in [1.807, 2.05) is 0 Å². The van der Waals surface area contributed by atoms with Gasteiger partial charge in [-0.1, -0.05) is 23.7 Å². The summed E-state index contributed by atoms with van der Waals surface area (Å²) in [5.41, 5.74) is 0.148. The van der Waals surface area contributed by atoms with Gasteiger partial charge in [-0.15, -0.1) is 0 Å². The highest BCUT2D eigenvalue weighted by molar-refractivity contribution is 6.30. The van der Waals surface area contributed by atoms with E-state index in [2.05, 4.69) is 10.3 Å². The zero-order valence-electron chi connectivity index (χ0n) is 13.5. The van der Waals surface area contributed by atoms with Crippen LogP contribution in [0.2, 0.25) is 5.02 Å². The lowest BCUT2D eigenvalue weighted by molar-refractivity contribution is 0.0946. The average molecular weight is 397 g/mol. The number of benzene rings is 2. The predicted molar refractivity (Wildman–Crippen MR) is 91.1 cm³/mol. The molecule has 2 N–H and O–H groups in total. The smallest absolute Gasteiger partial charge is 0.313 e. The van der Waals surface area contributed by atoms with Crippen LogP contribution in [0.15, 0.2) is 47.0 Å². The maximum Gasteiger partial charge on any atom is 0.313 e. The summed E-state index contributed by atoms with van der Waals surface area (Å²) in [6.07, 6.45) is -2.00. The Hall–Kier alpha value is -3.00. The second-order valence-electron chi connectivity index (χ2n) is 5.52. The van der Waals surface area contributed by atoms with Gasteiger partial charge in [0.05, 0.1) is 17.3 Å². The minimum Gasteiger partial charge on any atom is -0.507 e. The van der Waals surface area contributed by atoms with Gasteiger partial charge >= 0.3 is 6.43 Å². The van der Waals surface area contributed by atoms with Crippen molar-refractivity contribution in [3.05, 3.63) is 70.5 Å². The molecule has 0 unspecified atom stereocenters. The molecule has 1 amide bonds. The van der Waals surface area contributed by atoms with Gasteiger partial charge in [0.1, 0.15) is 11.6 Å². The Kier molecular flexibility index (Phi) is 5.36. The number of aromatic hydroxyl groups is 1. The summed E-state index contributed by atoms with van der Waals surface area (Å²) in [5.74, 6) is -3.31. The predicted octanol–water partition coefficient (Wildman–Crippen LogP) is 4.71. The van der Waals surface area contributed by atoms with E-state index >= 15 is 0 Å². The van der Waals surface area contributed by atoms with Crippen molar-refractivity contribution in [2.24, 2.45) is 0 Å². The van der Waals surface area contributed by atoms with Crippen molar-refractivity contribution in [3.8, 4) is 17.1 Å². The maximum absolute atomic E-state index is 14.3. The monoisotopic (exact) mass is 396 g/mol. The molecule has 0 spiro atoms. The summed E-state index contributed by atoms with van der Waals surface area (Å²) in [7, 11) is 0. The first-order chi connectivity index (χ1) is 12.8. The first kappa shape index (κ1) is 18.8. The van der Waals surface area contributed by atoms with Crippen molar-refractivity contribution in [2.45, 2.75) is 13.0 Å². The molecule has 3 aromatic rings. The number of alkyl halides is 2. The van der Waals surface area contributed by atoms with Crippen molar-refractivity contribution < 1.29 is 27.5 Å². The number of rotatable bonds is 5. The van der Waals surface area contributed by atoms with Gasteiger partial charge in [0.2, 0.25) is 0 Å². The number of hydrogen-bond donors (Lipinski definition) is 2. The number of halogens is 4. The fourth-order valence-electron chi connectivity index (χ4n) is 2.33. The molecule has 0 aliphatic rings. The lowest BCUT2D eigenvalue weighted by atomic mass is 10.1. The Morgan fingerprint density at radius 3 is 2.59 bits per heavy atom. The molecule has 5 nitrogen and oxygen atoms in total. The Morgan fingerprint density at radius 2 is 1.96 bits per heavy atom. The van der Waals surface area contributed by atoms with Crippen molar-refractivity contribution in [1.29, 1.82) is 0 Å². The van der Waals surface area contributed by atoms with Crippen molar-refractivity contribution in [3.63, 3.8) is 0 Å². The second-order valence-corrected chi connectivity index (χ2v) is 5.96. The van der Waals surface area contributed by atoms with Crippen LogP contribution in [-0.4, -0.2) is 16.0 Å². The van der Waals surface area contributed by atoms with Gasteiger partial charge in [0.25, 0.3) is 11.8 Å². The molecule has 1 aromatic heterocycles. The molecular weight excluding hydrogens is 385 g/mol. The van der Waals surface area contributed by atoms with Crippen LogP contribution in [-0.2, 0) is 6.54 Å². The van der Waals surface area contributed by atoms with Gasteiger partial charge in [-0.2, -0.15) is 8.78 Å². The molecule has 0 fully saturated rings. The zero-order valence-corrected chi connectivity index (χ0v) is 14.3. The fraction of sp³-hybridized carbons (Fsp3) is 0.111. The fourth-order valence-corrected chi connectivity index (χ4v) is 2.45. The number of hydrogen-bond acceptors (Lipinski definition) is 4. The molecule has 0 atom stereocenters. The largest absolute Gasteiger partial charge is 0.507 e. The van der Waals surface area contributed by atoms with E-state index in [4.69, 9.17) is 16.0 Å². The number of phenolic OH excluding ortho intramolecular Hbond substituents is 1. The molecule has 2 aromatic carbocycles. The lowest BCUT2D eigenvalue weighted by Crippen LogP contribution is -2.23. The molecule has 1 heterocycles. The average Bonchev–Trinajstić information content (AvgIpc) is 3.13. The van der Waals surface area contributed by atoms with Crippen LogP contribution in [0.3, 0.4) is 0 Å². The summed E-state index contributed by atoms with van der Waals surface area (Å²) in [4.78, 5) is 15.5. The molecule has 140 valence electrons. The number of phenols is 1.